The molecule has 156 valence electrons. The number of H-pyrrole nitrogens is 1. The SMILES string of the molecule is O=C(Nc1cccc(-c2[nH]nc3ncccc23)c1)Nc1ccccc1Oc1ccccc1. The van der Waals surface area contributed by atoms with Crippen molar-refractivity contribution in [1.82, 2.24) is 15.2 Å². The third-order valence-electron chi connectivity index (χ3n) is 4.85. The molecule has 0 aliphatic heterocycles. The average Bonchev–Trinajstić information content (AvgIpc) is 3.25. The minimum absolute atomic E-state index is 0.373. The monoisotopic (exact) mass is 421 g/mol. The molecule has 7 nitrogen and oxygen atoms in total. The van der Waals surface area contributed by atoms with E-state index in [1.807, 2.05) is 78.9 Å². The number of amides is 2. The number of nitrogens with zero attached hydrogens (tertiary/aromatic N) is 2. The first-order valence-corrected chi connectivity index (χ1v) is 10.1. The number of rotatable bonds is 5. The van der Waals surface area contributed by atoms with Crippen LogP contribution in [0.1, 0.15) is 0 Å². The normalized spacial score (nSPS) is 10.6. The minimum Gasteiger partial charge on any atom is -0.455 e. The van der Waals surface area contributed by atoms with Crippen LogP contribution in [0.4, 0.5) is 16.2 Å². The summed E-state index contributed by atoms with van der Waals surface area (Å²) in [6.07, 6.45) is 1.70. The highest BCUT2D eigenvalue weighted by atomic mass is 16.5. The van der Waals surface area contributed by atoms with E-state index in [0.717, 1.165) is 16.6 Å². The third kappa shape index (κ3) is 4.13. The summed E-state index contributed by atoms with van der Waals surface area (Å²) < 4.78 is 5.91. The molecule has 0 unspecified atom stereocenters. The van der Waals surface area contributed by atoms with Gasteiger partial charge in [-0.3, -0.25) is 5.10 Å². The Hall–Kier alpha value is -4.65. The van der Waals surface area contributed by atoms with Crippen molar-refractivity contribution in [3.05, 3.63) is 97.2 Å². The van der Waals surface area contributed by atoms with Crippen LogP contribution in [-0.2, 0) is 0 Å². The number of hydrogen-bond acceptors (Lipinski definition) is 4. The van der Waals surface area contributed by atoms with Crippen LogP contribution in [0, 0.1) is 0 Å². The molecule has 7 heteroatoms. The highest BCUT2D eigenvalue weighted by Gasteiger charge is 2.11. The van der Waals surface area contributed by atoms with Gasteiger partial charge in [-0.05, 0) is 48.5 Å². The smallest absolute Gasteiger partial charge is 0.323 e. The number of anilines is 2. The maximum Gasteiger partial charge on any atom is 0.323 e. The maximum absolute atomic E-state index is 12.7. The summed E-state index contributed by atoms with van der Waals surface area (Å²) in [7, 11) is 0. The molecule has 5 aromatic rings. The number of nitrogens with one attached hydrogen (secondary N) is 3. The largest absolute Gasteiger partial charge is 0.455 e. The third-order valence-corrected chi connectivity index (χ3v) is 4.85. The Labute approximate surface area is 184 Å². The molecule has 2 amide bonds. The summed E-state index contributed by atoms with van der Waals surface area (Å²) in [4.78, 5) is 16.9. The zero-order valence-corrected chi connectivity index (χ0v) is 16.9. The second-order valence-corrected chi connectivity index (χ2v) is 7.04. The molecular weight excluding hydrogens is 402 g/mol. The number of para-hydroxylation sites is 3. The average molecular weight is 421 g/mol. The van der Waals surface area contributed by atoms with Gasteiger partial charge in [-0.2, -0.15) is 5.10 Å². The van der Waals surface area contributed by atoms with E-state index in [1.54, 1.807) is 18.3 Å². The van der Waals surface area contributed by atoms with E-state index >= 15 is 0 Å². The zero-order valence-electron chi connectivity index (χ0n) is 16.9. The van der Waals surface area contributed by atoms with E-state index < -0.39 is 0 Å². The van der Waals surface area contributed by atoms with Crippen LogP contribution >= 0.6 is 0 Å². The van der Waals surface area contributed by atoms with Gasteiger partial charge in [-0.1, -0.05) is 42.5 Å². The Kier molecular flexibility index (Phi) is 5.20. The maximum atomic E-state index is 12.7. The molecule has 0 bridgehead atoms. The molecular formula is C25H19N5O2. The highest BCUT2D eigenvalue weighted by Crippen LogP contribution is 2.30. The van der Waals surface area contributed by atoms with Crippen molar-refractivity contribution in [3.63, 3.8) is 0 Å². The molecule has 0 saturated heterocycles. The van der Waals surface area contributed by atoms with Crippen LogP contribution in [0.2, 0.25) is 0 Å². The van der Waals surface area contributed by atoms with Gasteiger partial charge in [0.15, 0.2) is 11.4 Å². The minimum atomic E-state index is -0.373. The number of carbonyl (C=O) groups excluding carboxylic acids is 1. The lowest BCUT2D eigenvalue weighted by Gasteiger charge is -2.13. The summed E-state index contributed by atoms with van der Waals surface area (Å²) in [5.41, 5.74) is 3.60. The van der Waals surface area contributed by atoms with Gasteiger partial charge < -0.3 is 15.4 Å². The van der Waals surface area contributed by atoms with Crippen LogP contribution in [0.3, 0.4) is 0 Å². The first kappa shape index (κ1) is 19.3. The van der Waals surface area contributed by atoms with Crippen molar-refractivity contribution < 1.29 is 9.53 Å². The lowest BCUT2D eigenvalue weighted by atomic mass is 10.1. The molecule has 2 heterocycles. The predicted octanol–water partition coefficient (Wildman–Crippen LogP) is 6.06. The topological polar surface area (TPSA) is 91.9 Å². The summed E-state index contributed by atoms with van der Waals surface area (Å²) in [6.45, 7) is 0. The summed E-state index contributed by atoms with van der Waals surface area (Å²) in [5.74, 6) is 1.25. The number of aromatic amines is 1. The first-order chi connectivity index (χ1) is 15.8. The van der Waals surface area contributed by atoms with E-state index in [0.29, 0.717) is 28.5 Å². The summed E-state index contributed by atoms with van der Waals surface area (Å²) in [6, 6.07) is 27.7. The van der Waals surface area contributed by atoms with Crippen LogP contribution < -0.4 is 15.4 Å². The van der Waals surface area contributed by atoms with Crippen LogP contribution in [0.5, 0.6) is 11.5 Å². The first-order valence-electron chi connectivity index (χ1n) is 10.1. The Morgan fingerprint density at radius 1 is 0.844 bits per heavy atom. The van der Waals surface area contributed by atoms with Gasteiger partial charge in [0, 0.05) is 22.8 Å². The molecule has 0 radical (unpaired) electrons. The van der Waals surface area contributed by atoms with Crippen LogP contribution in [0.15, 0.2) is 97.2 Å². The van der Waals surface area contributed by atoms with Gasteiger partial charge in [-0.15, -0.1) is 0 Å². The lowest BCUT2D eigenvalue weighted by Crippen LogP contribution is -2.19. The highest BCUT2D eigenvalue weighted by molar-refractivity contribution is 6.01. The van der Waals surface area contributed by atoms with Gasteiger partial charge >= 0.3 is 6.03 Å². The molecule has 0 saturated carbocycles. The predicted molar refractivity (Wildman–Crippen MR) is 125 cm³/mol. The quantitative estimate of drug-likeness (QED) is 0.322. The number of ether oxygens (including phenoxy) is 1. The summed E-state index contributed by atoms with van der Waals surface area (Å²) in [5, 5.41) is 13.9. The fourth-order valence-electron chi connectivity index (χ4n) is 3.38. The van der Waals surface area contributed by atoms with Crippen molar-refractivity contribution in [2.24, 2.45) is 0 Å². The van der Waals surface area contributed by atoms with Crippen molar-refractivity contribution >= 4 is 28.4 Å². The molecule has 2 aromatic heterocycles. The Balaban J connectivity index is 1.33. The van der Waals surface area contributed by atoms with Gasteiger partial charge in [0.05, 0.1) is 11.4 Å². The van der Waals surface area contributed by atoms with E-state index in [9.17, 15) is 4.79 Å². The molecule has 0 aliphatic carbocycles. The second-order valence-electron chi connectivity index (χ2n) is 7.04. The number of pyridine rings is 1. The molecule has 0 aliphatic rings. The Morgan fingerprint density at radius 2 is 1.69 bits per heavy atom. The lowest BCUT2D eigenvalue weighted by molar-refractivity contribution is 0.262. The molecule has 5 rings (SSSR count). The molecule has 0 fully saturated rings. The van der Waals surface area contributed by atoms with E-state index in [4.69, 9.17) is 4.74 Å². The number of aromatic nitrogens is 3. The van der Waals surface area contributed by atoms with E-state index in [2.05, 4.69) is 25.8 Å². The van der Waals surface area contributed by atoms with Crippen molar-refractivity contribution in [1.29, 1.82) is 0 Å². The molecule has 3 N–H and O–H groups in total. The van der Waals surface area contributed by atoms with Crippen molar-refractivity contribution in [2.45, 2.75) is 0 Å². The Bertz CT molecular complexity index is 1380. The fourth-order valence-corrected chi connectivity index (χ4v) is 3.38. The standard InChI is InChI=1S/C25H19N5O2/c31-25(28-21-13-4-5-14-22(21)32-19-10-2-1-3-11-19)27-18-9-6-8-17(16-18)23-20-12-7-15-26-24(20)30-29-23/h1-16H,(H,26,29,30)(H2,27,28,31). The second kappa shape index (κ2) is 8.61. The van der Waals surface area contributed by atoms with Crippen molar-refractivity contribution in [2.75, 3.05) is 10.6 Å². The molecule has 32 heavy (non-hydrogen) atoms. The fraction of sp³-hybridized carbons (Fsp3) is 0. The molecule has 3 aromatic carbocycles. The molecule has 0 spiro atoms. The molecule has 0 atom stereocenters. The number of fused-ring (bicyclic) bond motifs is 1. The van der Waals surface area contributed by atoms with Crippen LogP contribution in [-0.4, -0.2) is 21.2 Å². The van der Waals surface area contributed by atoms with Gasteiger partial charge in [0.1, 0.15) is 5.75 Å². The van der Waals surface area contributed by atoms with Gasteiger partial charge in [0.2, 0.25) is 0 Å². The number of urea groups is 1. The van der Waals surface area contributed by atoms with E-state index in [-0.39, 0.29) is 6.03 Å². The Morgan fingerprint density at radius 3 is 2.59 bits per heavy atom. The number of hydrogen-bond donors (Lipinski definition) is 3. The van der Waals surface area contributed by atoms with Gasteiger partial charge in [-0.25, -0.2) is 9.78 Å². The summed E-state index contributed by atoms with van der Waals surface area (Å²) >= 11 is 0. The number of benzene rings is 3. The van der Waals surface area contributed by atoms with Crippen LogP contribution in [0.25, 0.3) is 22.3 Å². The zero-order chi connectivity index (χ0) is 21.8. The number of carbonyl (C=O) groups is 1. The van der Waals surface area contributed by atoms with Crippen molar-refractivity contribution in [3.8, 4) is 22.8 Å². The van der Waals surface area contributed by atoms with Gasteiger partial charge in [0.25, 0.3) is 0 Å². The van der Waals surface area contributed by atoms with E-state index in [1.165, 1.54) is 0 Å².